The number of benzene rings is 1. The van der Waals surface area contributed by atoms with Crippen molar-refractivity contribution in [2.45, 2.75) is 45.2 Å². The molecule has 2 unspecified atom stereocenters. The van der Waals surface area contributed by atoms with Gasteiger partial charge in [-0.3, -0.25) is 0 Å². The highest BCUT2D eigenvalue weighted by Crippen LogP contribution is 2.28. The maximum atomic E-state index is 13.3. The first kappa shape index (κ1) is 14.8. The van der Waals surface area contributed by atoms with Crippen LogP contribution in [0.1, 0.15) is 33.1 Å². The molecule has 2 rings (SSSR count). The monoisotopic (exact) mass is 328 g/mol. The van der Waals surface area contributed by atoms with E-state index in [0.717, 1.165) is 31.6 Å². The van der Waals surface area contributed by atoms with Crippen molar-refractivity contribution in [2.75, 3.05) is 18.0 Å². The Morgan fingerprint density at radius 3 is 2.89 bits per heavy atom. The largest absolute Gasteiger partial charge is 0.369 e. The predicted molar refractivity (Wildman–Crippen MR) is 82.2 cm³/mol. The molecule has 0 radical (unpaired) electrons. The quantitative estimate of drug-likeness (QED) is 0.900. The van der Waals surface area contributed by atoms with E-state index < -0.39 is 0 Å². The summed E-state index contributed by atoms with van der Waals surface area (Å²) in [5, 5.41) is 3.60. The first-order valence-corrected chi connectivity index (χ1v) is 7.86. The number of halogens is 2. The highest BCUT2D eigenvalue weighted by atomic mass is 79.9. The molecule has 4 heteroatoms. The Morgan fingerprint density at radius 2 is 2.26 bits per heavy atom. The molecular formula is C15H22BrFN2. The van der Waals surface area contributed by atoms with Gasteiger partial charge in [0, 0.05) is 24.3 Å². The first-order valence-electron chi connectivity index (χ1n) is 7.07. The van der Waals surface area contributed by atoms with Gasteiger partial charge in [0.1, 0.15) is 5.82 Å². The lowest BCUT2D eigenvalue weighted by molar-refractivity contribution is 0.368. The van der Waals surface area contributed by atoms with Crippen molar-refractivity contribution in [3.8, 4) is 0 Å². The van der Waals surface area contributed by atoms with Gasteiger partial charge in [-0.2, -0.15) is 0 Å². The van der Waals surface area contributed by atoms with Crippen LogP contribution in [0.3, 0.4) is 0 Å². The van der Waals surface area contributed by atoms with Gasteiger partial charge in [0.2, 0.25) is 0 Å². The van der Waals surface area contributed by atoms with Gasteiger partial charge in [-0.15, -0.1) is 0 Å². The zero-order chi connectivity index (χ0) is 13.8. The maximum absolute atomic E-state index is 13.3. The van der Waals surface area contributed by atoms with Crippen LogP contribution >= 0.6 is 15.9 Å². The van der Waals surface area contributed by atoms with Crippen LogP contribution in [0.15, 0.2) is 22.7 Å². The molecule has 1 aliphatic heterocycles. The Kier molecular flexibility index (Phi) is 5.22. The number of piperidine rings is 1. The molecule has 0 bridgehead atoms. The summed E-state index contributed by atoms with van der Waals surface area (Å²) in [6.07, 6.45) is 3.48. The molecule has 0 spiro atoms. The molecule has 19 heavy (non-hydrogen) atoms. The van der Waals surface area contributed by atoms with E-state index in [0.29, 0.717) is 16.6 Å². The van der Waals surface area contributed by atoms with Gasteiger partial charge < -0.3 is 10.2 Å². The van der Waals surface area contributed by atoms with Crippen LogP contribution in [-0.2, 0) is 0 Å². The SMILES string of the molecule is CCCNC1CCN(c2ccc(F)c(Br)c2)C(C)C1. The van der Waals surface area contributed by atoms with Crippen LogP contribution in [0.4, 0.5) is 10.1 Å². The molecule has 1 N–H and O–H groups in total. The number of anilines is 1. The number of hydrogen-bond donors (Lipinski definition) is 1. The molecule has 1 aromatic rings. The average Bonchev–Trinajstić information content (AvgIpc) is 2.40. The van der Waals surface area contributed by atoms with Crippen LogP contribution in [0.2, 0.25) is 0 Å². The topological polar surface area (TPSA) is 15.3 Å². The average molecular weight is 329 g/mol. The lowest BCUT2D eigenvalue weighted by Gasteiger charge is -2.39. The van der Waals surface area contributed by atoms with Crippen LogP contribution in [0.5, 0.6) is 0 Å². The fourth-order valence-electron chi connectivity index (χ4n) is 2.75. The lowest BCUT2D eigenvalue weighted by atomic mass is 9.97. The second-order valence-corrected chi connectivity index (χ2v) is 6.17. The summed E-state index contributed by atoms with van der Waals surface area (Å²) in [5.41, 5.74) is 1.11. The third-order valence-corrected chi connectivity index (χ3v) is 4.40. The van der Waals surface area contributed by atoms with Crippen molar-refractivity contribution in [3.63, 3.8) is 0 Å². The number of hydrogen-bond acceptors (Lipinski definition) is 2. The van der Waals surface area contributed by atoms with Crippen LogP contribution < -0.4 is 10.2 Å². The third-order valence-electron chi connectivity index (χ3n) is 3.79. The summed E-state index contributed by atoms with van der Waals surface area (Å²) in [5.74, 6) is -0.198. The van der Waals surface area contributed by atoms with Crippen molar-refractivity contribution >= 4 is 21.6 Å². The van der Waals surface area contributed by atoms with Gasteiger partial charge >= 0.3 is 0 Å². The van der Waals surface area contributed by atoms with Gasteiger partial charge in [-0.25, -0.2) is 4.39 Å². The standard InChI is InChI=1S/C15H22BrFN2/c1-3-7-18-12-6-8-19(11(2)9-12)13-4-5-15(17)14(16)10-13/h4-5,10-12,18H,3,6-9H2,1-2H3. The summed E-state index contributed by atoms with van der Waals surface area (Å²) in [6.45, 7) is 6.57. The molecule has 2 atom stereocenters. The Morgan fingerprint density at radius 1 is 1.47 bits per heavy atom. The summed E-state index contributed by atoms with van der Waals surface area (Å²) in [4.78, 5) is 2.37. The fraction of sp³-hybridized carbons (Fsp3) is 0.600. The smallest absolute Gasteiger partial charge is 0.137 e. The van der Waals surface area contributed by atoms with Gasteiger partial charge in [0.25, 0.3) is 0 Å². The van der Waals surface area contributed by atoms with E-state index in [2.05, 4.69) is 40.0 Å². The minimum Gasteiger partial charge on any atom is -0.369 e. The van der Waals surface area contributed by atoms with Crippen LogP contribution in [-0.4, -0.2) is 25.2 Å². The second-order valence-electron chi connectivity index (χ2n) is 5.32. The zero-order valence-electron chi connectivity index (χ0n) is 11.6. The lowest BCUT2D eigenvalue weighted by Crippen LogP contribution is -2.47. The van der Waals surface area contributed by atoms with Crippen molar-refractivity contribution < 1.29 is 4.39 Å². The summed E-state index contributed by atoms with van der Waals surface area (Å²) in [7, 11) is 0. The van der Waals surface area contributed by atoms with E-state index in [4.69, 9.17) is 0 Å². The molecule has 1 fully saturated rings. The number of nitrogens with one attached hydrogen (secondary N) is 1. The highest BCUT2D eigenvalue weighted by Gasteiger charge is 2.25. The molecule has 2 nitrogen and oxygen atoms in total. The van der Waals surface area contributed by atoms with Crippen LogP contribution in [0, 0.1) is 5.82 Å². The van der Waals surface area contributed by atoms with Gasteiger partial charge in [-0.05, 0) is 66.9 Å². The first-order chi connectivity index (χ1) is 9.11. The molecule has 1 heterocycles. The van der Waals surface area contributed by atoms with E-state index >= 15 is 0 Å². The van der Waals surface area contributed by atoms with Gasteiger partial charge in [-0.1, -0.05) is 6.92 Å². The van der Waals surface area contributed by atoms with Crippen molar-refractivity contribution in [3.05, 3.63) is 28.5 Å². The second kappa shape index (κ2) is 6.71. The molecule has 1 aromatic carbocycles. The normalized spacial score (nSPS) is 23.7. The van der Waals surface area contributed by atoms with E-state index in [1.807, 2.05) is 12.1 Å². The zero-order valence-corrected chi connectivity index (χ0v) is 13.2. The number of nitrogens with zero attached hydrogens (tertiary/aromatic N) is 1. The fourth-order valence-corrected chi connectivity index (χ4v) is 3.12. The van der Waals surface area contributed by atoms with Gasteiger partial charge in [0.15, 0.2) is 0 Å². The van der Waals surface area contributed by atoms with Crippen molar-refractivity contribution in [1.29, 1.82) is 0 Å². The molecule has 106 valence electrons. The molecule has 1 aliphatic rings. The summed E-state index contributed by atoms with van der Waals surface area (Å²) in [6, 6.07) is 6.39. The minimum absolute atomic E-state index is 0.198. The van der Waals surface area contributed by atoms with Crippen molar-refractivity contribution in [1.82, 2.24) is 5.32 Å². The Hall–Kier alpha value is -0.610. The summed E-state index contributed by atoms with van der Waals surface area (Å²) >= 11 is 3.26. The molecule has 0 aliphatic carbocycles. The predicted octanol–water partition coefficient (Wildman–Crippen LogP) is 3.95. The maximum Gasteiger partial charge on any atom is 0.137 e. The Balaban J connectivity index is 2.01. The molecular weight excluding hydrogens is 307 g/mol. The molecule has 0 amide bonds. The number of rotatable bonds is 4. The molecule has 0 saturated carbocycles. The van der Waals surface area contributed by atoms with E-state index in [1.165, 1.54) is 12.5 Å². The minimum atomic E-state index is -0.198. The van der Waals surface area contributed by atoms with E-state index in [-0.39, 0.29) is 5.82 Å². The Bertz CT molecular complexity index is 425. The summed E-state index contributed by atoms with van der Waals surface area (Å²) < 4.78 is 13.8. The van der Waals surface area contributed by atoms with Gasteiger partial charge in [0.05, 0.1) is 4.47 Å². The van der Waals surface area contributed by atoms with E-state index in [9.17, 15) is 4.39 Å². The van der Waals surface area contributed by atoms with Crippen LogP contribution in [0.25, 0.3) is 0 Å². The van der Waals surface area contributed by atoms with E-state index in [1.54, 1.807) is 0 Å². The highest BCUT2D eigenvalue weighted by molar-refractivity contribution is 9.10. The Labute approximate surface area is 123 Å². The molecule has 1 saturated heterocycles. The van der Waals surface area contributed by atoms with Crippen molar-refractivity contribution in [2.24, 2.45) is 0 Å². The molecule has 0 aromatic heterocycles. The third kappa shape index (κ3) is 3.69.